The highest BCUT2D eigenvalue weighted by atomic mass is 32.1. The molecule has 3 aromatic heterocycles. The van der Waals surface area contributed by atoms with Gasteiger partial charge in [0.05, 0.1) is 27.1 Å². The van der Waals surface area contributed by atoms with Crippen LogP contribution in [0.1, 0.15) is 59.1 Å². The Morgan fingerprint density at radius 1 is 1.06 bits per heavy atom. The number of aryl methyl sites for hydroxylation is 1. The lowest BCUT2D eigenvalue weighted by Gasteiger charge is -2.51. The number of rotatable bonds is 15. The molecule has 1 saturated carbocycles. The van der Waals surface area contributed by atoms with Crippen LogP contribution in [0.5, 0.6) is 5.75 Å². The summed E-state index contributed by atoms with van der Waals surface area (Å²) in [5.41, 5.74) is 2.11. The number of carbonyl (C=O) groups excluding carboxylic acids is 2. The lowest BCUT2D eigenvalue weighted by atomic mass is 9.61. The molecule has 0 unspecified atom stereocenters. The van der Waals surface area contributed by atoms with E-state index in [1.165, 1.54) is 28.7 Å². The molecule has 5 aromatic rings. The molecule has 5 N–H and O–H groups in total. The largest absolute Gasteiger partial charge is 0.506 e. The number of aromatic hydroxyl groups is 1. The highest BCUT2D eigenvalue weighted by Gasteiger charge is 2.51. The number of phenolic OH excluding ortho intramolecular Hbond substituents is 1. The third-order valence-electron chi connectivity index (χ3n) is 10.3. The van der Waals surface area contributed by atoms with Gasteiger partial charge in [-0.3, -0.25) is 4.79 Å². The molecular formula is C37H42N6O6S2. The number of nitrogens with one attached hydrogen (secondary N) is 2. The summed E-state index contributed by atoms with van der Waals surface area (Å²) in [7, 11) is 0. The lowest BCUT2D eigenvalue weighted by molar-refractivity contribution is -0.181. The number of nitrogens with zero attached hydrogens (tertiary/aromatic N) is 4. The molecule has 1 saturated heterocycles. The number of phenols is 1. The number of likely N-dealkylation sites (tertiary alicyclic amines) is 1. The maximum absolute atomic E-state index is 13.3. The maximum atomic E-state index is 13.3. The van der Waals surface area contributed by atoms with Gasteiger partial charge in [0, 0.05) is 19.6 Å². The van der Waals surface area contributed by atoms with Crippen molar-refractivity contribution in [2.24, 2.45) is 5.41 Å². The van der Waals surface area contributed by atoms with Crippen molar-refractivity contribution in [3.05, 3.63) is 92.3 Å². The molecule has 1 aliphatic carbocycles. The van der Waals surface area contributed by atoms with Gasteiger partial charge in [-0.25, -0.2) is 9.48 Å². The van der Waals surface area contributed by atoms with Crippen LogP contribution < -0.4 is 10.6 Å². The van der Waals surface area contributed by atoms with Crippen LogP contribution in [0.15, 0.2) is 71.4 Å². The summed E-state index contributed by atoms with van der Waals surface area (Å²) in [5, 5.41) is 50.2. The second-order valence-corrected chi connectivity index (χ2v) is 15.5. The SMILES string of the molecule is O=CNc1cc([C@@H](O)CNCc2ccc3c(c2)nnn3CCCN2CCC3(CC2)CC(OC(=O)C(O)(c2cccs2)c2cccs2)C3)ccc1O. The topological polar surface area (TPSA) is 162 Å². The first-order valence-corrected chi connectivity index (χ1v) is 19.0. The van der Waals surface area contributed by atoms with E-state index in [2.05, 4.69) is 25.8 Å². The van der Waals surface area contributed by atoms with E-state index in [1.54, 1.807) is 24.3 Å². The summed E-state index contributed by atoms with van der Waals surface area (Å²) in [6, 6.07) is 17.9. The number of aliphatic hydroxyl groups excluding tert-OH is 1. The van der Waals surface area contributed by atoms with E-state index in [4.69, 9.17) is 4.74 Å². The number of hydrogen-bond acceptors (Lipinski definition) is 12. The number of thiophene rings is 2. The molecule has 4 heterocycles. The van der Waals surface area contributed by atoms with Crippen molar-refractivity contribution >= 4 is 51.8 Å². The molecule has 12 nitrogen and oxygen atoms in total. The maximum Gasteiger partial charge on any atom is 0.349 e. The third-order valence-corrected chi connectivity index (χ3v) is 12.2. The van der Waals surface area contributed by atoms with Crippen molar-refractivity contribution in [3.8, 4) is 5.75 Å². The monoisotopic (exact) mass is 730 g/mol. The van der Waals surface area contributed by atoms with E-state index >= 15 is 0 Å². The predicted octanol–water partition coefficient (Wildman–Crippen LogP) is 4.77. The summed E-state index contributed by atoms with van der Waals surface area (Å²) in [4.78, 5) is 27.8. The minimum atomic E-state index is -1.76. The molecule has 1 spiro atoms. The van der Waals surface area contributed by atoms with Gasteiger partial charge < -0.3 is 35.6 Å². The molecule has 2 aromatic carbocycles. The molecule has 268 valence electrons. The second kappa shape index (κ2) is 15.2. The average molecular weight is 731 g/mol. The van der Waals surface area contributed by atoms with E-state index in [9.17, 15) is 24.9 Å². The summed E-state index contributed by atoms with van der Waals surface area (Å²) in [5.74, 6) is -0.640. The normalized spacial score (nSPS) is 17.0. The highest BCUT2D eigenvalue weighted by molar-refractivity contribution is 7.12. The molecule has 51 heavy (non-hydrogen) atoms. The first-order valence-electron chi connectivity index (χ1n) is 17.2. The van der Waals surface area contributed by atoms with Gasteiger partial charge >= 0.3 is 5.97 Å². The zero-order chi connectivity index (χ0) is 35.4. The summed E-state index contributed by atoms with van der Waals surface area (Å²) in [6.45, 7) is 4.60. The van der Waals surface area contributed by atoms with E-state index in [1.807, 2.05) is 45.8 Å². The van der Waals surface area contributed by atoms with E-state index in [-0.39, 0.29) is 29.5 Å². The average Bonchev–Trinajstić information content (AvgIpc) is 3.93. The zero-order valence-electron chi connectivity index (χ0n) is 28.1. The van der Waals surface area contributed by atoms with Crippen LogP contribution in [0.2, 0.25) is 0 Å². The summed E-state index contributed by atoms with van der Waals surface area (Å²) >= 11 is 2.72. The van der Waals surface area contributed by atoms with Crippen molar-refractivity contribution in [1.29, 1.82) is 0 Å². The number of hydrogen-bond donors (Lipinski definition) is 5. The molecule has 1 aliphatic heterocycles. The van der Waals surface area contributed by atoms with Gasteiger partial charge in [0.15, 0.2) is 0 Å². The van der Waals surface area contributed by atoms with Crippen LogP contribution in [-0.2, 0) is 33.0 Å². The van der Waals surface area contributed by atoms with Crippen molar-refractivity contribution < 1.29 is 29.6 Å². The summed E-state index contributed by atoms with van der Waals surface area (Å²) < 4.78 is 7.88. The lowest BCUT2D eigenvalue weighted by Crippen LogP contribution is -2.52. The van der Waals surface area contributed by atoms with Crippen LogP contribution >= 0.6 is 22.7 Å². The fraction of sp³-hybridized carbons (Fsp3) is 0.405. The number of aliphatic hydroxyl groups is 2. The van der Waals surface area contributed by atoms with Crippen molar-refractivity contribution in [3.63, 3.8) is 0 Å². The quantitative estimate of drug-likeness (QED) is 0.0577. The van der Waals surface area contributed by atoms with Crippen molar-refractivity contribution in [2.45, 2.75) is 63.0 Å². The molecular weight excluding hydrogens is 689 g/mol. The van der Waals surface area contributed by atoms with Crippen LogP contribution in [-0.4, -0.2) is 79.9 Å². The Morgan fingerprint density at radius 2 is 1.80 bits per heavy atom. The second-order valence-electron chi connectivity index (χ2n) is 13.6. The molecule has 14 heteroatoms. The smallest absolute Gasteiger partial charge is 0.349 e. The Morgan fingerprint density at radius 3 is 2.49 bits per heavy atom. The van der Waals surface area contributed by atoms with Crippen LogP contribution in [0.4, 0.5) is 5.69 Å². The first-order chi connectivity index (χ1) is 24.8. The molecule has 0 radical (unpaired) electrons. The molecule has 2 fully saturated rings. The van der Waals surface area contributed by atoms with Gasteiger partial charge in [0.2, 0.25) is 12.0 Å². The molecule has 7 rings (SSSR count). The molecule has 1 amide bonds. The number of amides is 1. The molecule has 2 aliphatic rings. The Bertz CT molecular complexity index is 1900. The first kappa shape index (κ1) is 35.2. The number of esters is 1. The minimum Gasteiger partial charge on any atom is -0.506 e. The van der Waals surface area contributed by atoms with Gasteiger partial charge in [-0.2, -0.15) is 0 Å². The third kappa shape index (κ3) is 7.57. The number of carbonyl (C=O) groups is 2. The number of fused-ring (bicyclic) bond motifs is 1. The van der Waals surface area contributed by atoms with Gasteiger partial charge in [0.1, 0.15) is 17.4 Å². The van der Waals surface area contributed by atoms with Gasteiger partial charge in [0.25, 0.3) is 0 Å². The summed E-state index contributed by atoms with van der Waals surface area (Å²) in [6.07, 6.45) is 4.31. The van der Waals surface area contributed by atoms with Gasteiger partial charge in [-0.15, -0.1) is 27.8 Å². The van der Waals surface area contributed by atoms with Crippen LogP contribution in [0.3, 0.4) is 0 Å². The fourth-order valence-electron chi connectivity index (χ4n) is 7.32. The van der Waals surface area contributed by atoms with Gasteiger partial charge in [-0.1, -0.05) is 29.5 Å². The standard InChI is InChI=1S/C37H42N6O6S2/c44-24-39-29-19-26(7-9-31(29)45)32(46)23-38-22-25-6-8-30-28(18-25)40-41-43(30)13-3-12-42-14-10-36(11-15-42)20-27(21-36)49-35(47)37(48,33-4-1-16-50-33)34-5-2-17-51-34/h1-2,4-9,16-19,24,27,32,38,45-46,48H,3,10-15,20-23H2,(H,39,44)/t32-/m0/s1. The van der Waals surface area contributed by atoms with E-state index in [0.29, 0.717) is 28.3 Å². The fourth-order valence-corrected chi connectivity index (χ4v) is 9.04. The van der Waals surface area contributed by atoms with Crippen LogP contribution in [0, 0.1) is 5.41 Å². The number of anilines is 1. The predicted molar refractivity (Wildman–Crippen MR) is 195 cm³/mol. The molecule has 1 atom stereocenters. The van der Waals surface area contributed by atoms with Crippen LogP contribution in [0.25, 0.3) is 11.0 Å². The minimum absolute atomic E-state index is 0.0615. The van der Waals surface area contributed by atoms with E-state index < -0.39 is 17.7 Å². The number of ether oxygens (including phenoxy) is 1. The Balaban J connectivity index is 0.831. The number of piperidine rings is 1. The number of aromatic nitrogens is 3. The van der Waals surface area contributed by atoms with Crippen molar-refractivity contribution in [1.82, 2.24) is 25.2 Å². The van der Waals surface area contributed by atoms with Gasteiger partial charge in [-0.05, 0) is 115 Å². The molecule has 0 bridgehead atoms. The Labute approximate surface area is 303 Å². The highest BCUT2D eigenvalue weighted by Crippen LogP contribution is 2.51. The zero-order valence-corrected chi connectivity index (χ0v) is 29.7. The Hall–Kier alpha value is -4.18. The Kier molecular flexibility index (Phi) is 10.5. The van der Waals surface area contributed by atoms with E-state index in [0.717, 1.165) is 74.9 Å². The number of benzene rings is 2. The van der Waals surface area contributed by atoms with Crippen molar-refractivity contribution in [2.75, 3.05) is 31.5 Å².